The summed E-state index contributed by atoms with van der Waals surface area (Å²) in [4.78, 5) is 2.18. The van der Waals surface area contributed by atoms with Crippen molar-refractivity contribution in [2.24, 2.45) is 0 Å². The zero-order valence-electron chi connectivity index (χ0n) is 12.8. The van der Waals surface area contributed by atoms with Crippen molar-refractivity contribution < 1.29 is 14.3 Å². The Morgan fingerprint density at radius 3 is 3.09 bits per heavy atom. The predicted octanol–water partition coefficient (Wildman–Crippen LogP) is 0.827. The van der Waals surface area contributed by atoms with E-state index in [4.69, 9.17) is 9.15 Å². The molecule has 7 nitrogen and oxygen atoms in total. The van der Waals surface area contributed by atoms with Gasteiger partial charge in [-0.25, -0.2) is 0 Å². The Balaban J connectivity index is 1.43. The van der Waals surface area contributed by atoms with Crippen LogP contribution in [-0.2, 0) is 30.9 Å². The van der Waals surface area contributed by atoms with Gasteiger partial charge in [-0.3, -0.25) is 4.90 Å². The van der Waals surface area contributed by atoms with Gasteiger partial charge in [0, 0.05) is 26.1 Å². The number of aromatic nitrogens is 3. The lowest BCUT2D eigenvalue weighted by atomic mass is 10.3. The van der Waals surface area contributed by atoms with Gasteiger partial charge < -0.3 is 18.8 Å². The summed E-state index contributed by atoms with van der Waals surface area (Å²) in [6.07, 6.45) is 2.00. The van der Waals surface area contributed by atoms with Crippen LogP contribution in [0, 0.1) is 0 Å². The molecule has 0 aliphatic carbocycles. The van der Waals surface area contributed by atoms with E-state index in [1.165, 1.54) is 0 Å². The second-order valence-electron chi connectivity index (χ2n) is 5.52. The van der Waals surface area contributed by atoms with E-state index in [0.29, 0.717) is 19.8 Å². The van der Waals surface area contributed by atoms with Gasteiger partial charge in [0.05, 0.1) is 25.5 Å². The van der Waals surface area contributed by atoms with Crippen LogP contribution in [0.15, 0.2) is 22.8 Å². The van der Waals surface area contributed by atoms with Crippen LogP contribution in [0.4, 0.5) is 0 Å². The zero-order valence-corrected chi connectivity index (χ0v) is 12.8. The number of furan rings is 1. The summed E-state index contributed by atoms with van der Waals surface area (Å²) in [7, 11) is 0. The molecule has 1 atom stereocenters. The molecule has 1 aliphatic rings. The molecule has 0 bridgehead atoms. The Kier molecular flexibility index (Phi) is 4.87. The Morgan fingerprint density at radius 2 is 2.32 bits per heavy atom. The van der Waals surface area contributed by atoms with Crippen molar-refractivity contribution in [2.45, 2.75) is 39.1 Å². The molecule has 0 amide bonds. The highest BCUT2D eigenvalue weighted by atomic mass is 16.5. The Morgan fingerprint density at radius 1 is 1.41 bits per heavy atom. The summed E-state index contributed by atoms with van der Waals surface area (Å²) in [5, 5.41) is 18.5. The van der Waals surface area contributed by atoms with Crippen molar-refractivity contribution in [3.63, 3.8) is 0 Å². The number of aliphatic hydroxyl groups is 1. The predicted molar refractivity (Wildman–Crippen MR) is 79.0 cm³/mol. The van der Waals surface area contributed by atoms with Gasteiger partial charge in [-0.15, -0.1) is 10.2 Å². The van der Waals surface area contributed by atoms with Gasteiger partial charge in [0.2, 0.25) is 0 Å². The minimum absolute atomic E-state index is 0.296. The first kappa shape index (κ1) is 15.2. The minimum Gasteiger partial charge on any atom is -0.467 e. The van der Waals surface area contributed by atoms with Crippen LogP contribution in [-0.4, -0.2) is 50.6 Å². The van der Waals surface area contributed by atoms with Gasteiger partial charge in [0.1, 0.15) is 24.0 Å². The van der Waals surface area contributed by atoms with Gasteiger partial charge in [-0.2, -0.15) is 0 Å². The maximum absolute atomic E-state index is 10.1. The summed E-state index contributed by atoms with van der Waals surface area (Å²) >= 11 is 0. The van der Waals surface area contributed by atoms with Gasteiger partial charge in [-0.1, -0.05) is 6.92 Å². The molecular formula is C15H22N4O3. The number of hydrogen-bond acceptors (Lipinski definition) is 6. The largest absolute Gasteiger partial charge is 0.467 e. The van der Waals surface area contributed by atoms with Crippen molar-refractivity contribution in [1.29, 1.82) is 0 Å². The minimum atomic E-state index is -0.518. The molecule has 0 saturated heterocycles. The summed E-state index contributed by atoms with van der Waals surface area (Å²) in [6.45, 7) is 5.85. The first-order chi connectivity index (χ1) is 10.8. The highest BCUT2D eigenvalue weighted by Gasteiger charge is 2.22. The summed E-state index contributed by atoms with van der Waals surface area (Å²) in [5.74, 6) is 2.79. The molecule has 2 aromatic rings. The Hall–Kier alpha value is -1.70. The van der Waals surface area contributed by atoms with Crippen LogP contribution in [0.3, 0.4) is 0 Å². The maximum atomic E-state index is 10.1. The molecule has 0 fully saturated rings. The van der Waals surface area contributed by atoms with E-state index < -0.39 is 6.10 Å². The highest BCUT2D eigenvalue weighted by molar-refractivity contribution is 4.99. The van der Waals surface area contributed by atoms with Crippen molar-refractivity contribution in [1.82, 2.24) is 19.7 Å². The van der Waals surface area contributed by atoms with E-state index in [2.05, 4.69) is 26.6 Å². The monoisotopic (exact) mass is 306 g/mol. The first-order valence-corrected chi connectivity index (χ1v) is 7.67. The van der Waals surface area contributed by atoms with E-state index in [0.717, 1.165) is 43.5 Å². The molecule has 0 aromatic carbocycles. The fourth-order valence-corrected chi connectivity index (χ4v) is 2.73. The third kappa shape index (κ3) is 3.55. The Bertz CT molecular complexity index is 582. The number of aryl methyl sites for hydroxylation is 1. The van der Waals surface area contributed by atoms with Crippen molar-refractivity contribution in [2.75, 3.05) is 19.7 Å². The fraction of sp³-hybridized carbons (Fsp3) is 0.600. The van der Waals surface area contributed by atoms with Gasteiger partial charge in [0.15, 0.2) is 0 Å². The van der Waals surface area contributed by atoms with Crippen molar-refractivity contribution in [3.8, 4) is 0 Å². The number of aliphatic hydroxyl groups excluding tert-OH is 1. The summed E-state index contributed by atoms with van der Waals surface area (Å²) in [5.41, 5.74) is 0. The lowest BCUT2D eigenvalue weighted by molar-refractivity contribution is 0.000918. The molecule has 120 valence electrons. The van der Waals surface area contributed by atoms with Gasteiger partial charge >= 0.3 is 0 Å². The maximum Gasteiger partial charge on any atom is 0.147 e. The molecule has 0 radical (unpaired) electrons. The van der Waals surface area contributed by atoms with Gasteiger partial charge in [-0.05, 0) is 12.1 Å². The molecule has 7 heteroatoms. The van der Waals surface area contributed by atoms with Crippen LogP contribution < -0.4 is 0 Å². The van der Waals surface area contributed by atoms with E-state index in [1.54, 1.807) is 6.26 Å². The first-order valence-electron chi connectivity index (χ1n) is 7.67. The molecular weight excluding hydrogens is 284 g/mol. The molecule has 1 aliphatic heterocycles. The molecule has 3 heterocycles. The van der Waals surface area contributed by atoms with Crippen LogP contribution in [0.5, 0.6) is 0 Å². The lowest BCUT2D eigenvalue weighted by Gasteiger charge is -2.29. The fourth-order valence-electron chi connectivity index (χ4n) is 2.73. The third-order valence-electron chi connectivity index (χ3n) is 3.83. The third-order valence-corrected chi connectivity index (χ3v) is 3.83. The van der Waals surface area contributed by atoms with E-state index in [-0.39, 0.29) is 0 Å². The zero-order chi connectivity index (χ0) is 15.4. The number of fused-ring (bicyclic) bond motifs is 1. The van der Waals surface area contributed by atoms with Crippen LogP contribution in [0.25, 0.3) is 0 Å². The smallest absolute Gasteiger partial charge is 0.147 e. The molecule has 0 spiro atoms. The van der Waals surface area contributed by atoms with Crippen molar-refractivity contribution in [3.05, 3.63) is 35.8 Å². The standard InChI is InChI=1S/C15H22N4O3/c1-2-14-16-17-15-9-18(5-6-19(14)15)8-12(20)10-21-11-13-4-3-7-22-13/h3-4,7,12,20H,2,5-6,8-11H2,1H3/t12-/m1/s1. The number of ether oxygens (including phenoxy) is 1. The number of β-amino-alcohol motifs (C(OH)–C–C–N with tert-alkyl or cyclic N) is 1. The molecule has 0 saturated carbocycles. The Labute approximate surface area is 129 Å². The quantitative estimate of drug-likeness (QED) is 0.816. The topological polar surface area (TPSA) is 76.6 Å². The number of nitrogens with zero attached hydrogens (tertiary/aromatic N) is 4. The van der Waals surface area contributed by atoms with Gasteiger partial charge in [0.25, 0.3) is 0 Å². The van der Waals surface area contributed by atoms with Crippen LogP contribution in [0.2, 0.25) is 0 Å². The SMILES string of the molecule is CCc1nnc2n1CCN(C[C@@H](O)COCc1ccco1)C2. The summed E-state index contributed by atoms with van der Waals surface area (Å²) < 4.78 is 12.8. The molecule has 2 aromatic heterocycles. The molecule has 22 heavy (non-hydrogen) atoms. The number of rotatable bonds is 7. The average Bonchev–Trinajstić information content (AvgIpc) is 3.15. The van der Waals surface area contributed by atoms with E-state index >= 15 is 0 Å². The van der Waals surface area contributed by atoms with Crippen molar-refractivity contribution >= 4 is 0 Å². The molecule has 1 N–H and O–H groups in total. The molecule has 3 rings (SSSR count). The highest BCUT2D eigenvalue weighted by Crippen LogP contribution is 2.13. The second-order valence-corrected chi connectivity index (χ2v) is 5.52. The lowest BCUT2D eigenvalue weighted by Crippen LogP contribution is -2.40. The average molecular weight is 306 g/mol. The van der Waals surface area contributed by atoms with E-state index in [9.17, 15) is 5.11 Å². The van der Waals surface area contributed by atoms with Crippen LogP contribution in [0.1, 0.15) is 24.3 Å². The van der Waals surface area contributed by atoms with E-state index in [1.807, 2.05) is 12.1 Å². The number of hydrogen-bond donors (Lipinski definition) is 1. The normalized spacial score (nSPS) is 16.6. The van der Waals surface area contributed by atoms with Crippen LogP contribution >= 0.6 is 0 Å². The second kappa shape index (κ2) is 7.04. The molecule has 0 unspecified atom stereocenters. The summed E-state index contributed by atoms with van der Waals surface area (Å²) in [6, 6.07) is 3.68.